The molecule has 0 N–H and O–H groups in total. The van der Waals surface area contributed by atoms with E-state index in [1.807, 2.05) is 6.07 Å². The summed E-state index contributed by atoms with van der Waals surface area (Å²) in [7, 11) is 3.19. The normalized spacial score (nSPS) is 12.6. The molecule has 2 nitrogen and oxygen atoms in total. The minimum atomic E-state index is -0.301. The van der Waals surface area contributed by atoms with Gasteiger partial charge in [0.15, 0.2) is 0 Å². The van der Waals surface area contributed by atoms with Gasteiger partial charge in [-0.2, -0.15) is 5.26 Å². The first kappa shape index (κ1) is 8.45. The quantitative estimate of drug-likeness (QED) is 0.576. The smallest absolute Gasteiger partial charge is 0.144 e. The van der Waals surface area contributed by atoms with E-state index in [0.717, 1.165) is 19.3 Å². The third-order valence-corrected chi connectivity index (χ3v) is 1.17. The number of hydrogen-bond donors (Lipinski definition) is 0. The lowest BCUT2D eigenvalue weighted by Crippen LogP contribution is -2.04. The molecule has 0 rings (SSSR count). The summed E-state index contributed by atoms with van der Waals surface area (Å²) in [5.41, 5.74) is 0. The second kappa shape index (κ2) is 5.58. The van der Waals surface area contributed by atoms with Crippen molar-refractivity contribution in [2.24, 2.45) is 0 Å². The molecule has 0 amide bonds. The third-order valence-electron chi connectivity index (χ3n) is 1.17. The lowest BCUT2D eigenvalue weighted by molar-refractivity contribution is 0.174. The summed E-state index contributed by atoms with van der Waals surface area (Å²) in [5.74, 6) is 0. The van der Waals surface area contributed by atoms with E-state index >= 15 is 0 Å². The van der Waals surface area contributed by atoms with Crippen LogP contribution < -0.4 is 0 Å². The van der Waals surface area contributed by atoms with Crippen LogP contribution in [0.25, 0.3) is 0 Å². The van der Waals surface area contributed by atoms with Gasteiger partial charge in [-0.05, 0) is 6.42 Å². The molecule has 0 aromatic heterocycles. The summed E-state index contributed by atoms with van der Waals surface area (Å²) < 4.78 is 4.59. The predicted octanol–water partition coefficient (Wildman–Crippen LogP) is 1.88. The lowest BCUT2D eigenvalue weighted by Gasteiger charge is -2.02. The average molecular weight is 126 g/mol. The Morgan fingerprint density at radius 3 is 2.78 bits per heavy atom. The molecule has 0 fully saturated rings. The van der Waals surface area contributed by atoms with Crippen LogP contribution in [0.2, 0.25) is 0 Å². The zero-order valence-electron chi connectivity index (χ0n) is 5.76. The Bertz CT molecular complexity index is 95.6. The maximum atomic E-state index is 8.34. The maximum Gasteiger partial charge on any atom is 0.144 e. The van der Waals surface area contributed by atoms with Gasteiger partial charge in [0.2, 0.25) is 0 Å². The van der Waals surface area contributed by atoms with Gasteiger partial charge in [-0.3, -0.25) is 0 Å². The van der Waals surface area contributed by atoms with Crippen molar-refractivity contribution >= 4 is 0 Å². The third kappa shape index (κ3) is 3.99. The van der Waals surface area contributed by atoms with Gasteiger partial charge in [0.05, 0.1) is 13.2 Å². The summed E-state index contributed by atoms with van der Waals surface area (Å²) in [5, 5.41) is 8.34. The summed E-state index contributed by atoms with van der Waals surface area (Å²) in [6, 6.07) is 2.00. The number of nitriles is 1. The fourth-order valence-corrected chi connectivity index (χ4v) is 0.575. The van der Waals surface area contributed by atoms with E-state index in [2.05, 4.69) is 18.8 Å². The molecule has 0 aliphatic carbocycles. The van der Waals surface area contributed by atoms with E-state index in [4.69, 9.17) is 5.26 Å². The molecule has 1 atom stereocenters. The van der Waals surface area contributed by atoms with Gasteiger partial charge in [0.25, 0.3) is 0 Å². The summed E-state index contributed by atoms with van der Waals surface area (Å²) in [6.07, 6.45) is 2.64. The summed E-state index contributed by atoms with van der Waals surface area (Å²) in [6.45, 7) is 2.08. The molecule has 0 aromatic carbocycles. The van der Waals surface area contributed by atoms with E-state index in [0.29, 0.717) is 0 Å². The molecule has 0 saturated heterocycles. The molecule has 0 bridgehead atoms. The van der Waals surface area contributed by atoms with Crippen molar-refractivity contribution < 1.29 is 4.74 Å². The van der Waals surface area contributed by atoms with Crippen molar-refractivity contribution in [3.63, 3.8) is 0 Å². The van der Waals surface area contributed by atoms with Gasteiger partial charge in [0, 0.05) is 0 Å². The van der Waals surface area contributed by atoms with Gasteiger partial charge >= 0.3 is 0 Å². The average Bonchev–Trinajstić information content (AvgIpc) is 1.91. The van der Waals surface area contributed by atoms with Gasteiger partial charge in [-0.25, -0.2) is 0 Å². The Hall–Kier alpha value is -0.550. The van der Waals surface area contributed by atoms with Crippen molar-refractivity contribution in [2.45, 2.75) is 32.3 Å². The standard InChI is InChI=1S/C7H12NO/c1-3-4-5-7(6-8)9-2/h7H,2-5H2,1H3. The van der Waals surface area contributed by atoms with E-state index in [9.17, 15) is 0 Å². The van der Waals surface area contributed by atoms with Crippen molar-refractivity contribution in [2.75, 3.05) is 0 Å². The van der Waals surface area contributed by atoms with Gasteiger partial charge in [-0.1, -0.05) is 19.8 Å². The monoisotopic (exact) mass is 126 g/mol. The SMILES string of the molecule is [CH2]OC(C#N)CCCC. The largest absolute Gasteiger partial charge is 0.361 e. The second-order valence-corrected chi connectivity index (χ2v) is 1.93. The number of rotatable bonds is 4. The Balaban J connectivity index is 3.23. The van der Waals surface area contributed by atoms with Crippen LogP contribution in [0.15, 0.2) is 0 Å². The molecule has 0 aliphatic heterocycles. The van der Waals surface area contributed by atoms with Crippen LogP contribution in [0.3, 0.4) is 0 Å². The van der Waals surface area contributed by atoms with Crippen LogP contribution in [-0.4, -0.2) is 6.10 Å². The highest BCUT2D eigenvalue weighted by molar-refractivity contribution is 4.83. The van der Waals surface area contributed by atoms with Crippen molar-refractivity contribution in [3.05, 3.63) is 7.11 Å². The molecule has 9 heavy (non-hydrogen) atoms. The Morgan fingerprint density at radius 1 is 1.78 bits per heavy atom. The first-order valence-electron chi connectivity index (χ1n) is 3.15. The molecule has 1 radical (unpaired) electrons. The predicted molar refractivity (Wildman–Crippen MR) is 35.4 cm³/mol. The zero-order chi connectivity index (χ0) is 7.11. The van der Waals surface area contributed by atoms with E-state index < -0.39 is 0 Å². The van der Waals surface area contributed by atoms with Crippen molar-refractivity contribution in [3.8, 4) is 6.07 Å². The Morgan fingerprint density at radius 2 is 2.44 bits per heavy atom. The van der Waals surface area contributed by atoms with Gasteiger partial charge in [0.1, 0.15) is 6.10 Å². The highest BCUT2D eigenvalue weighted by Gasteiger charge is 2.01. The Kier molecular flexibility index (Phi) is 5.24. The molecule has 0 aromatic rings. The van der Waals surface area contributed by atoms with Crippen LogP contribution in [0.5, 0.6) is 0 Å². The lowest BCUT2D eigenvalue weighted by atomic mass is 10.2. The van der Waals surface area contributed by atoms with Crippen LogP contribution in [-0.2, 0) is 4.74 Å². The number of nitrogens with zero attached hydrogens (tertiary/aromatic N) is 1. The molecule has 1 unspecified atom stereocenters. The summed E-state index contributed by atoms with van der Waals surface area (Å²) >= 11 is 0. The topological polar surface area (TPSA) is 33.0 Å². The number of unbranched alkanes of at least 4 members (excludes halogenated alkanes) is 1. The van der Waals surface area contributed by atoms with Gasteiger partial charge < -0.3 is 4.74 Å². The van der Waals surface area contributed by atoms with Crippen LogP contribution in [0.1, 0.15) is 26.2 Å². The molecule has 2 heteroatoms. The fraction of sp³-hybridized carbons (Fsp3) is 0.714. The second-order valence-electron chi connectivity index (χ2n) is 1.93. The van der Waals surface area contributed by atoms with Crippen molar-refractivity contribution in [1.82, 2.24) is 0 Å². The molecule has 0 saturated carbocycles. The van der Waals surface area contributed by atoms with E-state index in [1.165, 1.54) is 0 Å². The Labute approximate surface area is 56.4 Å². The maximum absolute atomic E-state index is 8.34. The molecule has 0 aliphatic rings. The highest BCUT2D eigenvalue weighted by atomic mass is 16.5. The minimum Gasteiger partial charge on any atom is -0.361 e. The van der Waals surface area contributed by atoms with Crippen LogP contribution in [0.4, 0.5) is 0 Å². The molecule has 51 valence electrons. The molecule has 0 heterocycles. The van der Waals surface area contributed by atoms with Crippen LogP contribution in [0, 0.1) is 18.4 Å². The zero-order valence-corrected chi connectivity index (χ0v) is 5.76. The first-order chi connectivity index (χ1) is 4.35. The van der Waals surface area contributed by atoms with Gasteiger partial charge in [-0.15, -0.1) is 0 Å². The number of ether oxygens (including phenoxy) is 1. The first-order valence-corrected chi connectivity index (χ1v) is 3.15. The molecular weight excluding hydrogens is 114 g/mol. The summed E-state index contributed by atoms with van der Waals surface area (Å²) in [4.78, 5) is 0. The molecular formula is C7H12NO. The van der Waals surface area contributed by atoms with Crippen LogP contribution >= 0.6 is 0 Å². The number of hydrogen-bond acceptors (Lipinski definition) is 2. The van der Waals surface area contributed by atoms with E-state index in [1.54, 1.807) is 0 Å². The molecule has 0 spiro atoms. The fourth-order valence-electron chi connectivity index (χ4n) is 0.575. The highest BCUT2D eigenvalue weighted by Crippen LogP contribution is 2.01. The van der Waals surface area contributed by atoms with E-state index in [-0.39, 0.29) is 6.10 Å². The minimum absolute atomic E-state index is 0.301. The van der Waals surface area contributed by atoms with Crippen molar-refractivity contribution in [1.29, 1.82) is 5.26 Å².